The van der Waals surface area contributed by atoms with E-state index < -0.39 is 0 Å². The number of aromatic nitrogens is 3. The fourth-order valence-electron chi connectivity index (χ4n) is 3.26. The van der Waals surface area contributed by atoms with Gasteiger partial charge in [-0.25, -0.2) is 9.97 Å². The lowest BCUT2D eigenvalue weighted by molar-refractivity contribution is 0.171. The molecule has 4 heterocycles. The van der Waals surface area contributed by atoms with Crippen LogP contribution in [0, 0.1) is 18.3 Å². The summed E-state index contributed by atoms with van der Waals surface area (Å²) in [6, 6.07) is 2.03. The number of nitrogens with one attached hydrogen (secondary N) is 2. The molecule has 0 bridgehead atoms. The van der Waals surface area contributed by atoms with Crippen molar-refractivity contribution in [3.63, 3.8) is 0 Å². The van der Waals surface area contributed by atoms with Crippen LogP contribution in [0.2, 0.25) is 0 Å². The van der Waals surface area contributed by atoms with Crippen LogP contribution < -0.4 is 10.2 Å². The molecule has 2 aromatic heterocycles. The van der Waals surface area contributed by atoms with Crippen molar-refractivity contribution in [1.29, 1.82) is 0 Å². The molecule has 0 aliphatic carbocycles. The van der Waals surface area contributed by atoms with E-state index >= 15 is 0 Å². The summed E-state index contributed by atoms with van der Waals surface area (Å²) in [6.07, 6.45) is 10.2. The van der Waals surface area contributed by atoms with Crippen molar-refractivity contribution in [2.24, 2.45) is 5.92 Å². The van der Waals surface area contributed by atoms with Crippen LogP contribution in [-0.4, -0.2) is 40.1 Å². The summed E-state index contributed by atoms with van der Waals surface area (Å²) in [5.74, 6) is 4.27. The number of rotatable bonds is 1. The SMILES string of the molecule is C#C[C@H]1CN[C@]12CCN(c1ncnc3[nH]ccc13)C2. The maximum absolute atomic E-state index is 5.61. The van der Waals surface area contributed by atoms with Gasteiger partial charge < -0.3 is 15.2 Å². The van der Waals surface area contributed by atoms with Crippen molar-refractivity contribution < 1.29 is 0 Å². The standard InChI is InChI=1S/C14H15N5/c1-2-10-7-18-14(10)4-6-19(8-14)13-11-3-5-15-12(11)16-9-17-13/h1,3,5,9-10,18H,4,6-8H2,(H,15,16,17)/t10-,14-/m0/s1. The van der Waals surface area contributed by atoms with Gasteiger partial charge in [-0.15, -0.1) is 6.42 Å². The number of hydrogen-bond donors (Lipinski definition) is 2. The van der Waals surface area contributed by atoms with Crippen molar-refractivity contribution in [1.82, 2.24) is 20.3 Å². The Labute approximate surface area is 111 Å². The van der Waals surface area contributed by atoms with E-state index in [1.165, 1.54) is 0 Å². The minimum Gasteiger partial charge on any atom is -0.354 e. The van der Waals surface area contributed by atoms with Crippen LogP contribution in [-0.2, 0) is 0 Å². The van der Waals surface area contributed by atoms with E-state index in [0.717, 1.165) is 42.9 Å². The van der Waals surface area contributed by atoms with Gasteiger partial charge in [0.25, 0.3) is 0 Å². The van der Waals surface area contributed by atoms with E-state index in [0.29, 0.717) is 5.92 Å². The molecule has 1 spiro atoms. The van der Waals surface area contributed by atoms with Crippen LogP contribution in [0.3, 0.4) is 0 Å². The second-order valence-corrected chi connectivity index (χ2v) is 5.37. The molecule has 4 rings (SSSR count). The summed E-state index contributed by atoms with van der Waals surface area (Å²) >= 11 is 0. The highest BCUT2D eigenvalue weighted by molar-refractivity contribution is 5.87. The number of hydrogen-bond acceptors (Lipinski definition) is 4. The van der Waals surface area contributed by atoms with Crippen molar-refractivity contribution >= 4 is 16.9 Å². The first-order chi connectivity index (χ1) is 9.32. The lowest BCUT2D eigenvalue weighted by Gasteiger charge is -2.45. The van der Waals surface area contributed by atoms with Crippen LogP contribution >= 0.6 is 0 Å². The quantitative estimate of drug-likeness (QED) is 0.737. The Morgan fingerprint density at radius 2 is 2.42 bits per heavy atom. The first kappa shape index (κ1) is 10.8. The van der Waals surface area contributed by atoms with Crippen LogP contribution in [0.4, 0.5) is 5.82 Å². The molecule has 2 aromatic rings. The molecule has 96 valence electrons. The van der Waals surface area contributed by atoms with Gasteiger partial charge in [0.05, 0.1) is 16.8 Å². The maximum atomic E-state index is 5.61. The van der Waals surface area contributed by atoms with E-state index in [9.17, 15) is 0 Å². The lowest BCUT2D eigenvalue weighted by Crippen LogP contribution is -2.66. The van der Waals surface area contributed by atoms with Gasteiger partial charge >= 0.3 is 0 Å². The molecule has 0 aromatic carbocycles. The first-order valence-corrected chi connectivity index (χ1v) is 6.57. The van der Waals surface area contributed by atoms with Gasteiger partial charge in [0, 0.05) is 25.8 Å². The van der Waals surface area contributed by atoms with E-state index in [1.54, 1.807) is 6.33 Å². The number of terminal acetylenes is 1. The molecule has 0 saturated carbocycles. The molecule has 5 heteroatoms. The van der Waals surface area contributed by atoms with Gasteiger partial charge in [0.1, 0.15) is 17.8 Å². The minimum absolute atomic E-state index is 0.0995. The number of aromatic amines is 1. The summed E-state index contributed by atoms with van der Waals surface area (Å²) in [6.45, 7) is 2.86. The molecule has 2 aliphatic heterocycles. The number of fused-ring (bicyclic) bond motifs is 1. The summed E-state index contributed by atoms with van der Waals surface area (Å²) in [5, 5.41) is 4.61. The summed E-state index contributed by atoms with van der Waals surface area (Å²) in [7, 11) is 0. The average molecular weight is 253 g/mol. The number of anilines is 1. The van der Waals surface area contributed by atoms with Crippen molar-refractivity contribution in [3.05, 3.63) is 18.6 Å². The van der Waals surface area contributed by atoms with Crippen molar-refractivity contribution in [2.45, 2.75) is 12.0 Å². The Kier molecular flexibility index (Phi) is 2.12. The zero-order chi connectivity index (χ0) is 12.9. The Balaban J connectivity index is 1.68. The Bertz CT molecular complexity index is 670. The topological polar surface area (TPSA) is 56.8 Å². The smallest absolute Gasteiger partial charge is 0.142 e. The Morgan fingerprint density at radius 3 is 3.21 bits per heavy atom. The van der Waals surface area contributed by atoms with E-state index in [2.05, 4.69) is 31.1 Å². The Hall–Kier alpha value is -2.06. The second-order valence-electron chi connectivity index (χ2n) is 5.37. The summed E-state index contributed by atoms with van der Waals surface area (Å²) in [5.41, 5.74) is 0.989. The van der Waals surface area contributed by atoms with E-state index in [1.807, 2.05) is 12.3 Å². The highest BCUT2D eigenvalue weighted by Crippen LogP contribution is 2.37. The number of nitrogens with zero attached hydrogens (tertiary/aromatic N) is 3. The predicted molar refractivity (Wildman–Crippen MR) is 73.8 cm³/mol. The molecule has 2 atom stereocenters. The number of H-pyrrole nitrogens is 1. The molecule has 5 nitrogen and oxygen atoms in total. The van der Waals surface area contributed by atoms with E-state index in [-0.39, 0.29) is 5.54 Å². The molecule has 2 saturated heterocycles. The molecule has 2 fully saturated rings. The van der Waals surface area contributed by atoms with E-state index in [4.69, 9.17) is 6.42 Å². The summed E-state index contributed by atoms with van der Waals surface area (Å²) < 4.78 is 0. The molecule has 0 amide bonds. The lowest BCUT2D eigenvalue weighted by atomic mass is 9.76. The molecule has 2 aliphatic rings. The highest BCUT2D eigenvalue weighted by Gasteiger charge is 2.50. The van der Waals surface area contributed by atoms with Gasteiger partial charge in [-0.2, -0.15) is 0 Å². The monoisotopic (exact) mass is 253 g/mol. The van der Waals surface area contributed by atoms with Crippen LogP contribution in [0.1, 0.15) is 6.42 Å². The molecule has 0 radical (unpaired) electrons. The third-order valence-electron chi connectivity index (χ3n) is 4.46. The van der Waals surface area contributed by atoms with Crippen LogP contribution in [0.15, 0.2) is 18.6 Å². The summed E-state index contributed by atoms with van der Waals surface area (Å²) in [4.78, 5) is 14.1. The fraction of sp³-hybridized carbons (Fsp3) is 0.429. The van der Waals surface area contributed by atoms with Gasteiger partial charge in [-0.1, -0.05) is 5.92 Å². The first-order valence-electron chi connectivity index (χ1n) is 6.57. The zero-order valence-electron chi connectivity index (χ0n) is 10.6. The second kappa shape index (κ2) is 3.72. The van der Waals surface area contributed by atoms with Gasteiger partial charge in [0.2, 0.25) is 0 Å². The van der Waals surface area contributed by atoms with Gasteiger partial charge in [0.15, 0.2) is 0 Å². The molecule has 0 unspecified atom stereocenters. The average Bonchev–Trinajstić information content (AvgIpc) is 3.05. The van der Waals surface area contributed by atoms with Gasteiger partial charge in [-0.3, -0.25) is 0 Å². The van der Waals surface area contributed by atoms with Crippen LogP contribution in [0.25, 0.3) is 11.0 Å². The van der Waals surface area contributed by atoms with Crippen molar-refractivity contribution in [2.75, 3.05) is 24.5 Å². The van der Waals surface area contributed by atoms with Gasteiger partial charge in [-0.05, 0) is 12.5 Å². The normalized spacial score (nSPS) is 29.6. The molecular formula is C14H15N5. The zero-order valence-corrected chi connectivity index (χ0v) is 10.6. The van der Waals surface area contributed by atoms with Crippen LogP contribution in [0.5, 0.6) is 0 Å². The minimum atomic E-state index is 0.0995. The predicted octanol–water partition coefficient (Wildman–Crippen LogP) is 0.759. The molecule has 19 heavy (non-hydrogen) atoms. The fourth-order valence-corrected chi connectivity index (χ4v) is 3.26. The Morgan fingerprint density at radius 1 is 1.47 bits per heavy atom. The maximum Gasteiger partial charge on any atom is 0.142 e. The largest absolute Gasteiger partial charge is 0.354 e. The van der Waals surface area contributed by atoms with Crippen molar-refractivity contribution in [3.8, 4) is 12.3 Å². The molecular weight excluding hydrogens is 238 g/mol. The third kappa shape index (κ3) is 1.41. The highest BCUT2D eigenvalue weighted by atomic mass is 15.3. The molecule has 2 N–H and O–H groups in total. The third-order valence-corrected chi connectivity index (χ3v) is 4.46.